The van der Waals surface area contributed by atoms with Crippen LogP contribution in [0.1, 0.15) is 43.9 Å². The van der Waals surface area contributed by atoms with Crippen molar-refractivity contribution in [3.8, 4) is 0 Å². The molecule has 3 aliphatic heterocycles. The zero-order valence-corrected chi connectivity index (χ0v) is 19.1. The first kappa shape index (κ1) is 21.4. The van der Waals surface area contributed by atoms with Gasteiger partial charge in [-0.3, -0.25) is 5.43 Å². The number of ether oxygens (including phenoxy) is 1. The summed E-state index contributed by atoms with van der Waals surface area (Å²) in [5.74, 6) is -0.976. The molecule has 1 N–H and O–H groups in total. The molecule has 0 bridgehead atoms. The molecule has 0 radical (unpaired) electrons. The summed E-state index contributed by atoms with van der Waals surface area (Å²) in [7, 11) is 1.95. The third-order valence-corrected chi connectivity index (χ3v) is 6.03. The number of likely N-dealkylation sites (N-methyl/N-ethyl adjacent to an activating group) is 1. The lowest BCUT2D eigenvalue weighted by atomic mass is 9.88. The van der Waals surface area contributed by atoms with E-state index >= 15 is 0 Å². The quantitative estimate of drug-likeness (QED) is 0.679. The van der Waals surface area contributed by atoms with E-state index in [1.165, 1.54) is 18.2 Å². The van der Waals surface area contributed by atoms with Gasteiger partial charge in [-0.2, -0.15) is 5.10 Å². The summed E-state index contributed by atoms with van der Waals surface area (Å²) >= 11 is 0. The Kier molecular flexibility index (Phi) is 4.92. The third kappa shape index (κ3) is 3.83. The van der Waals surface area contributed by atoms with E-state index in [2.05, 4.69) is 10.5 Å². The van der Waals surface area contributed by atoms with E-state index in [1.807, 2.05) is 45.0 Å². The van der Waals surface area contributed by atoms with Crippen molar-refractivity contribution < 1.29 is 18.3 Å². The Hall–Kier alpha value is -3.42. The molecule has 5 rings (SSSR count). The maximum Gasteiger partial charge on any atom is 0.410 e. The Bertz CT molecular complexity index is 1220. The predicted molar refractivity (Wildman–Crippen MR) is 123 cm³/mol. The first-order valence-electron chi connectivity index (χ1n) is 11.0. The molecule has 0 spiro atoms. The molecule has 172 valence electrons. The second-order valence-electron chi connectivity index (χ2n) is 9.69. The second kappa shape index (κ2) is 7.57. The summed E-state index contributed by atoms with van der Waals surface area (Å²) in [6.45, 7) is 7.17. The van der Waals surface area contributed by atoms with Gasteiger partial charge < -0.3 is 14.5 Å². The molecule has 0 atom stereocenters. The van der Waals surface area contributed by atoms with Crippen LogP contribution in [-0.2, 0) is 4.74 Å². The van der Waals surface area contributed by atoms with Gasteiger partial charge in [-0.25, -0.2) is 13.6 Å². The maximum atomic E-state index is 14.4. The molecule has 8 heteroatoms. The first-order valence-corrected chi connectivity index (χ1v) is 11.0. The molecule has 1 aromatic carbocycles. The van der Waals surface area contributed by atoms with Crippen molar-refractivity contribution in [3.05, 3.63) is 69.8 Å². The number of amides is 1. The highest BCUT2D eigenvalue weighted by atomic mass is 19.1. The number of rotatable bonds is 1. The van der Waals surface area contributed by atoms with Crippen LogP contribution in [0.15, 0.2) is 52.4 Å². The van der Waals surface area contributed by atoms with Crippen LogP contribution in [0.2, 0.25) is 0 Å². The van der Waals surface area contributed by atoms with Crippen LogP contribution >= 0.6 is 0 Å². The van der Waals surface area contributed by atoms with Crippen molar-refractivity contribution >= 4 is 23.2 Å². The Morgan fingerprint density at radius 1 is 1.21 bits per heavy atom. The molecule has 1 aliphatic carbocycles. The van der Waals surface area contributed by atoms with Gasteiger partial charge in [0.25, 0.3) is 0 Å². The van der Waals surface area contributed by atoms with Crippen LogP contribution in [0.25, 0.3) is 11.4 Å². The molecule has 0 saturated carbocycles. The van der Waals surface area contributed by atoms with Gasteiger partial charge in [-0.15, -0.1) is 0 Å². The summed E-state index contributed by atoms with van der Waals surface area (Å²) in [6, 6.07) is 2.65. The zero-order chi connectivity index (χ0) is 23.5. The minimum absolute atomic E-state index is 0.229. The van der Waals surface area contributed by atoms with Crippen LogP contribution in [0.3, 0.4) is 0 Å². The molecule has 0 aromatic heterocycles. The van der Waals surface area contributed by atoms with Crippen LogP contribution in [-0.4, -0.2) is 53.9 Å². The molecule has 33 heavy (non-hydrogen) atoms. The average molecular weight is 453 g/mol. The summed E-state index contributed by atoms with van der Waals surface area (Å²) in [5, 5.41) is 4.45. The van der Waals surface area contributed by atoms with Gasteiger partial charge in [0.05, 0.1) is 11.4 Å². The predicted octanol–water partition coefficient (Wildman–Crippen LogP) is 4.56. The molecule has 1 amide bonds. The first-order chi connectivity index (χ1) is 15.6. The molecule has 6 nitrogen and oxygen atoms in total. The van der Waals surface area contributed by atoms with E-state index in [-0.39, 0.29) is 11.7 Å². The van der Waals surface area contributed by atoms with Crippen LogP contribution in [0.5, 0.6) is 0 Å². The third-order valence-electron chi connectivity index (χ3n) is 6.03. The number of hydrogen-bond acceptors (Lipinski definition) is 5. The number of carbonyl (C=O) groups excluding carboxylic acids is 1. The Morgan fingerprint density at radius 3 is 2.67 bits per heavy atom. The highest BCUT2D eigenvalue weighted by molar-refractivity contribution is 6.21. The topological polar surface area (TPSA) is 57.2 Å². The summed E-state index contributed by atoms with van der Waals surface area (Å²) < 4.78 is 34.4. The Balaban J connectivity index is 1.52. The van der Waals surface area contributed by atoms with Gasteiger partial charge in [0.2, 0.25) is 0 Å². The lowest BCUT2D eigenvalue weighted by molar-refractivity contribution is 0.0266. The monoisotopic (exact) mass is 452 g/mol. The van der Waals surface area contributed by atoms with E-state index in [1.54, 1.807) is 4.90 Å². The Morgan fingerprint density at radius 2 is 1.97 bits per heavy atom. The van der Waals surface area contributed by atoms with E-state index < -0.39 is 17.2 Å². The minimum Gasteiger partial charge on any atom is -0.444 e. The van der Waals surface area contributed by atoms with Crippen molar-refractivity contribution in [1.29, 1.82) is 0 Å². The number of hydrazone groups is 1. The molecule has 3 heterocycles. The van der Waals surface area contributed by atoms with E-state index in [9.17, 15) is 13.6 Å². The van der Waals surface area contributed by atoms with E-state index in [4.69, 9.17) is 4.74 Å². The molecule has 0 saturated heterocycles. The normalized spacial score (nSPS) is 19.6. The van der Waals surface area contributed by atoms with Gasteiger partial charge >= 0.3 is 6.09 Å². The number of carbonyl (C=O) groups is 1. The highest BCUT2D eigenvalue weighted by Gasteiger charge is 2.33. The molecular formula is C25H26F2N4O2. The fourth-order valence-corrected chi connectivity index (χ4v) is 4.61. The summed E-state index contributed by atoms with van der Waals surface area (Å²) in [5.41, 5.74) is 8.18. The molecule has 4 aliphatic rings. The standard InChI is InChI=1S/C25H26F2N4O2/c1-25(2,3)33-24(32)31-7-5-14(6-8-31)18-12-30(4)13-19-16-9-15(26)10-17-20(27)11-21(22(16)17)28-29-23(18)19/h5,9-11,13,29H,6-8,12H2,1-4H3. The van der Waals surface area contributed by atoms with Crippen molar-refractivity contribution in [2.24, 2.45) is 5.10 Å². The number of allylic oxidation sites excluding steroid dienone is 2. The lowest BCUT2D eigenvalue weighted by Gasteiger charge is -2.33. The van der Waals surface area contributed by atoms with Crippen molar-refractivity contribution in [2.75, 3.05) is 26.7 Å². The molecule has 0 fully saturated rings. The fourth-order valence-electron chi connectivity index (χ4n) is 4.61. The SMILES string of the molecule is CN1C=C2C(=C(C3=CCN(C(=O)OC(C)(C)C)CC3)C1)NN=C1C=C(F)c3cc(F)cc2c31. The van der Waals surface area contributed by atoms with Crippen molar-refractivity contribution in [2.45, 2.75) is 32.8 Å². The van der Waals surface area contributed by atoms with Crippen LogP contribution in [0.4, 0.5) is 13.6 Å². The number of benzene rings is 1. The smallest absolute Gasteiger partial charge is 0.410 e. The number of halogens is 2. The summed E-state index contributed by atoms with van der Waals surface area (Å²) in [6.07, 6.45) is 5.64. The number of fused-ring (bicyclic) bond motifs is 2. The zero-order valence-electron chi connectivity index (χ0n) is 19.1. The molecule has 1 aromatic rings. The fraction of sp³-hybridized carbons (Fsp3) is 0.360. The molecule has 0 unspecified atom stereocenters. The second-order valence-corrected chi connectivity index (χ2v) is 9.69. The van der Waals surface area contributed by atoms with Gasteiger partial charge in [-0.05, 0) is 50.5 Å². The summed E-state index contributed by atoms with van der Waals surface area (Å²) in [4.78, 5) is 16.1. The average Bonchev–Trinajstić information content (AvgIpc) is 2.97. The van der Waals surface area contributed by atoms with Gasteiger partial charge in [0.1, 0.15) is 17.2 Å². The minimum atomic E-state index is -0.544. The number of nitrogens with one attached hydrogen (secondary N) is 1. The van der Waals surface area contributed by atoms with Gasteiger partial charge in [0.15, 0.2) is 0 Å². The van der Waals surface area contributed by atoms with E-state index in [0.717, 1.165) is 22.4 Å². The molecular weight excluding hydrogens is 426 g/mol. The van der Waals surface area contributed by atoms with Gasteiger partial charge in [-0.1, -0.05) is 6.08 Å². The number of hydrogen-bond donors (Lipinski definition) is 1. The number of nitrogens with zero attached hydrogens (tertiary/aromatic N) is 3. The van der Waals surface area contributed by atoms with E-state index in [0.29, 0.717) is 42.9 Å². The van der Waals surface area contributed by atoms with Crippen molar-refractivity contribution in [3.63, 3.8) is 0 Å². The highest BCUT2D eigenvalue weighted by Crippen LogP contribution is 2.41. The largest absolute Gasteiger partial charge is 0.444 e. The van der Waals surface area contributed by atoms with Crippen LogP contribution < -0.4 is 5.43 Å². The lowest BCUT2D eigenvalue weighted by Crippen LogP contribution is -2.39. The Labute approximate surface area is 191 Å². The van der Waals surface area contributed by atoms with Crippen molar-refractivity contribution in [1.82, 2.24) is 15.2 Å². The van der Waals surface area contributed by atoms with Crippen LogP contribution in [0, 0.1) is 5.82 Å². The maximum absolute atomic E-state index is 14.4. The van der Waals surface area contributed by atoms with Gasteiger partial charge in [0, 0.05) is 61.2 Å².